The molecule has 1 heterocycles. The molecule has 0 radical (unpaired) electrons. The van der Waals surface area contributed by atoms with Crippen LogP contribution in [0.25, 0.3) is 0 Å². The number of ether oxygens (including phenoxy) is 2. The van der Waals surface area contributed by atoms with Crippen molar-refractivity contribution in [3.8, 4) is 11.5 Å². The smallest absolute Gasteiger partial charge is 0.193 e. The Bertz CT molecular complexity index is 770. The van der Waals surface area contributed by atoms with Crippen LogP contribution in [-0.2, 0) is 6.54 Å². The largest absolute Gasteiger partial charge is 0.494 e. The number of benzene rings is 1. The molecular formula is C20H31N5O2. The summed E-state index contributed by atoms with van der Waals surface area (Å²) in [6, 6.07) is 7.70. The van der Waals surface area contributed by atoms with Gasteiger partial charge < -0.3 is 20.5 Å². The average molecular weight is 374 g/mol. The number of aliphatic imine (C=N–C) groups is 1. The standard InChI is InChI=1S/C20H31N5O2/c1-6-26-17-8-9-19(27-7-2)18(11-17)23-20(21)22-12-14(3)13-25-16(5)10-15(4)24-25/h8-11,14H,6-7,12-13H2,1-5H3,(H3,21,22,23). The lowest BCUT2D eigenvalue weighted by Crippen LogP contribution is -2.24. The van der Waals surface area contributed by atoms with Gasteiger partial charge in [0.1, 0.15) is 11.5 Å². The minimum Gasteiger partial charge on any atom is -0.494 e. The molecule has 1 aromatic carbocycles. The number of aryl methyl sites for hydroxylation is 2. The van der Waals surface area contributed by atoms with Crippen LogP contribution in [-0.4, -0.2) is 35.5 Å². The highest BCUT2D eigenvalue weighted by atomic mass is 16.5. The van der Waals surface area contributed by atoms with Crippen molar-refractivity contribution in [3.63, 3.8) is 0 Å². The van der Waals surface area contributed by atoms with Crippen molar-refractivity contribution >= 4 is 11.6 Å². The van der Waals surface area contributed by atoms with Gasteiger partial charge >= 0.3 is 0 Å². The van der Waals surface area contributed by atoms with Gasteiger partial charge in [0.25, 0.3) is 0 Å². The summed E-state index contributed by atoms with van der Waals surface area (Å²) in [6.07, 6.45) is 0. The Kier molecular flexibility index (Phi) is 7.52. The molecule has 7 heteroatoms. The summed E-state index contributed by atoms with van der Waals surface area (Å²) in [6.45, 7) is 12.7. The van der Waals surface area contributed by atoms with Crippen molar-refractivity contribution < 1.29 is 9.47 Å². The molecule has 0 aliphatic heterocycles. The van der Waals surface area contributed by atoms with Crippen LogP contribution in [0.3, 0.4) is 0 Å². The molecule has 1 aromatic heterocycles. The average Bonchev–Trinajstić information content (AvgIpc) is 2.93. The number of aromatic nitrogens is 2. The highest BCUT2D eigenvalue weighted by Crippen LogP contribution is 2.29. The van der Waals surface area contributed by atoms with Gasteiger partial charge in [-0.2, -0.15) is 5.10 Å². The number of hydrogen-bond acceptors (Lipinski definition) is 4. The van der Waals surface area contributed by atoms with Gasteiger partial charge in [0, 0.05) is 24.8 Å². The number of anilines is 1. The van der Waals surface area contributed by atoms with Gasteiger partial charge in [-0.3, -0.25) is 9.67 Å². The Balaban J connectivity index is 2.01. The van der Waals surface area contributed by atoms with E-state index in [1.807, 2.05) is 43.7 Å². The van der Waals surface area contributed by atoms with Crippen LogP contribution in [0.4, 0.5) is 5.69 Å². The number of guanidine groups is 1. The lowest BCUT2D eigenvalue weighted by molar-refractivity contribution is 0.332. The molecule has 2 aromatic rings. The van der Waals surface area contributed by atoms with Gasteiger partial charge in [-0.25, -0.2) is 0 Å². The minimum atomic E-state index is 0.310. The summed E-state index contributed by atoms with van der Waals surface area (Å²) >= 11 is 0. The number of rotatable bonds is 9. The van der Waals surface area contributed by atoms with Crippen LogP contribution in [0.15, 0.2) is 29.3 Å². The van der Waals surface area contributed by atoms with Gasteiger partial charge in [0.2, 0.25) is 0 Å². The fourth-order valence-electron chi connectivity index (χ4n) is 2.79. The first-order valence-corrected chi connectivity index (χ1v) is 9.40. The first-order chi connectivity index (χ1) is 12.9. The van der Waals surface area contributed by atoms with E-state index in [4.69, 9.17) is 15.2 Å². The zero-order valence-electron chi connectivity index (χ0n) is 17.0. The first kappa shape index (κ1) is 20.6. The van der Waals surface area contributed by atoms with Gasteiger partial charge in [-0.15, -0.1) is 0 Å². The highest BCUT2D eigenvalue weighted by molar-refractivity contribution is 5.94. The SMILES string of the molecule is CCOc1ccc(OCC)c(NC(N)=NCC(C)Cn2nc(C)cc2C)c1. The third-order valence-electron chi connectivity index (χ3n) is 3.99. The first-order valence-electron chi connectivity index (χ1n) is 9.40. The van der Waals surface area contributed by atoms with Crippen molar-refractivity contribution in [2.24, 2.45) is 16.6 Å². The summed E-state index contributed by atoms with van der Waals surface area (Å²) in [5, 5.41) is 7.62. The molecule has 0 saturated heterocycles. The molecule has 1 atom stereocenters. The summed E-state index contributed by atoms with van der Waals surface area (Å²) in [4.78, 5) is 4.47. The Morgan fingerprint density at radius 1 is 1.22 bits per heavy atom. The third-order valence-corrected chi connectivity index (χ3v) is 3.99. The molecule has 0 bridgehead atoms. The number of nitrogens with two attached hydrogens (primary N) is 1. The van der Waals surface area contributed by atoms with E-state index in [1.165, 1.54) is 0 Å². The van der Waals surface area contributed by atoms with Crippen molar-refractivity contribution in [1.29, 1.82) is 0 Å². The molecule has 7 nitrogen and oxygen atoms in total. The second-order valence-electron chi connectivity index (χ2n) is 6.59. The molecule has 3 N–H and O–H groups in total. The fourth-order valence-corrected chi connectivity index (χ4v) is 2.79. The zero-order chi connectivity index (χ0) is 19.8. The molecule has 0 aliphatic rings. The molecule has 0 aliphatic carbocycles. The van der Waals surface area contributed by atoms with Gasteiger partial charge in [0.05, 0.1) is 24.6 Å². The summed E-state index contributed by atoms with van der Waals surface area (Å²) in [5.41, 5.74) is 9.02. The molecule has 0 spiro atoms. The summed E-state index contributed by atoms with van der Waals surface area (Å²) < 4.78 is 13.2. The summed E-state index contributed by atoms with van der Waals surface area (Å²) in [5.74, 6) is 2.14. The second-order valence-corrected chi connectivity index (χ2v) is 6.59. The van der Waals surface area contributed by atoms with E-state index in [0.29, 0.717) is 31.6 Å². The Labute approximate surface area is 161 Å². The lowest BCUT2D eigenvalue weighted by atomic mass is 10.2. The topological polar surface area (TPSA) is 86.7 Å². The van der Waals surface area contributed by atoms with Crippen LogP contribution in [0.5, 0.6) is 11.5 Å². The van der Waals surface area contributed by atoms with Crippen LogP contribution < -0.4 is 20.5 Å². The van der Waals surface area contributed by atoms with Gasteiger partial charge in [-0.1, -0.05) is 6.92 Å². The van der Waals surface area contributed by atoms with Crippen molar-refractivity contribution in [2.45, 2.75) is 41.2 Å². The predicted octanol–water partition coefficient (Wildman–Crippen LogP) is 3.36. The fraction of sp³-hybridized carbons (Fsp3) is 0.500. The van der Waals surface area contributed by atoms with Gasteiger partial charge in [0.15, 0.2) is 5.96 Å². The maximum Gasteiger partial charge on any atom is 0.193 e. The molecule has 27 heavy (non-hydrogen) atoms. The lowest BCUT2D eigenvalue weighted by Gasteiger charge is -2.15. The Morgan fingerprint density at radius 3 is 2.59 bits per heavy atom. The van der Waals surface area contributed by atoms with Crippen molar-refractivity contribution in [1.82, 2.24) is 9.78 Å². The Hall–Kier alpha value is -2.70. The molecule has 0 amide bonds. The van der Waals surface area contributed by atoms with Crippen LogP contribution >= 0.6 is 0 Å². The molecule has 1 unspecified atom stereocenters. The normalized spacial score (nSPS) is 12.7. The summed E-state index contributed by atoms with van der Waals surface area (Å²) in [7, 11) is 0. The molecule has 148 valence electrons. The minimum absolute atomic E-state index is 0.310. The van der Waals surface area contributed by atoms with E-state index in [-0.39, 0.29) is 0 Å². The number of nitrogens with one attached hydrogen (secondary N) is 1. The van der Waals surface area contributed by atoms with E-state index >= 15 is 0 Å². The van der Waals surface area contributed by atoms with E-state index in [2.05, 4.69) is 35.3 Å². The van der Waals surface area contributed by atoms with Crippen molar-refractivity contribution in [2.75, 3.05) is 25.1 Å². The predicted molar refractivity (Wildman–Crippen MR) is 110 cm³/mol. The third kappa shape index (κ3) is 6.20. The zero-order valence-corrected chi connectivity index (χ0v) is 17.0. The van der Waals surface area contributed by atoms with Crippen molar-refractivity contribution in [3.05, 3.63) is 35.7 Å². The molecule has 2 rings (SSSR count). The Morgan fingerprint density at radius 2 is 1.96 bits per heavy atom. The maximum absolute atomic E-state index is 6.09. The monoisotopic (exact) mass is 373 g/mol. The second kappa shape index (κ2) is 9.85. The van der Waals surface area contributed by atoms with E-state index in [9.17, 15) is 0 Å². The van der Waals surface area contributed by atoms with Crippen LogP contribution in [0.2, 0.25) is 0 Å². The van der Waals surface area contributed by atoms with Crippen LogP contribution in [0, 0.1) is 19.8 Å². The quantitative estimate of drug-likeness (QED) is 0.520. The maximum atomic E-state index is 6.09. The van der Waals surface area contributed by atoms with Crippen LogP contribution in [0.1, 0.15) is 32.2 Å². The molecular weight excluding hydrogens is 342 g/mol. The number of nitrogens with zero attached hydrogens (tertiary/aromatic N) is 3. The number of hydrogen-bond donors (Lipinski definition) is 2. The molecule has 0 fully saturated rings. The molecule has 0 saturated carbocycles. The van der Waals surface area contributed by atoms with E-state index in [0.717, 1.165) is 35.1 Å². The van der Waals surface area contributed by atoms with E-state index < -0.39 is 0 Å². The van der Waals surface area contributed by atoms with Gasteiger partial charge in [-0.05, 0) is 51.8 Å². The van der Waals surface area contributed by atoms with E-state index in [1.54, 1.807) is 0 Å². The highest BCUT2D eigenvalue weighted by Gasteiger charge is 2.09.